The minimum absolute atomic E-state index is 0.0972. The number of amides is 1. The van der Waals surface area contributed by atoms with Gasteiger partial charge in [0.15, 0.2) is 0 Å². The Morgan fingerprint density at radius 1 is 1.21 bits per heavy atom. The maximum Gasteiger partial charge on any atom is 0.275 e. The van der Waals surface area contributed by atoms with E-state index in [1.807, 2.05) is 44.4 Å². The highest BCUT2D eigenvalue weighted by molar-refractivity contribution is 7.89. The van der Waals surface area contributed by atoms with Crippen molar-refractivity contribution in [1.82, 2.24) is 9.62 Å². The van der Waals surface area contributed by atoms with Crippen molar-refractivity contribution in [3.63, 3.8) is 0 Å². The minimum atomic E-state index is -3.63. The fourth-order valence-corrected chi connectivity index (χ4v) is 5.29. The van der Waals surface area contributed by atoms with E-state index >= 15 is 0 Å². The predicted octanol–water partition coefficient (Wildman–Crippen LogP) is 3.42. The fourth-order valence-electron chi connectivity index (χ4n) is 2.98. The summed E-state index contributed by atoms with van der Waals surface area (Å²) < 4.78 is 27.8. The van der Waals surface area contributed by atoms with Crippen LogP contribution < -0.4 is 9.62 Å². The molecule has 1 N–H and O–H groups in total. The van der Waals surface area contributed by atoms with E-state index in [1.165, 1.54) is 11.3 Å². The van der Waals surface area contributed by atoms with E-state index in [-0.39, 0.29) is 23.4 Å². The van der Waals surface area contributed by atoms with Crippen LogP contribution in [0.15, 0.2) is 48.2 Å². The van der Waals surface area contributed by atoms with Crippen molar-refractivity contribution in [1.29, 1.82) is 0 Å². The van der Waals surface area contributed by atoms with Crippen molar-refractivity contribution in [2.24, 2.45) is 0 Å². The first-order valence-corrected chi connectivity index (χ1v) is 12.0. The Balaban J connectivity index is 1.61. The summed E-state index contributed by atoms with van der Waals surface area (Å²) in [6, 6.07) is 11.6. The molecule has 3 rings (SSSR count). The first-order valence-electron chi connectivity index (χ1n) is 9.19. The third-order valence-electron chi connectivity index (χ3n) is 4.93. The van der Waals surface area contributed by atoms with Gasteiger partial charge in [-0.15, -0.1) is 11.3 Å². The number of thiophene rings is 1. The molecule has 0 radical (unpaired) electrons. The van der Waals surface area contributed by atoms with Crippen LogP contribution in [0.25, 0.3) is 0 Å². The molecule has 1 aliphatic heterocycles. The monoisotopic (exact) mass is 453 g/mol. The van der Waals surface area contributed by atoms with Crippen molar-refractivity contribution in [2.45, 2.75) is 19.4 Å². The summed E-state index contributed by atoms with van der Waals surface area (Å²) >= 11 is 7.23. The van der Waals surface area contributed by atoms with Crippen LogP contribution in [0.3, 0.4) is 0 Å². The topological polar surface area (TPSA) is 69.7 Å². The molecule has 6 nitrogen and oxygen atoms in total. The summed E-state index contributed by atoms with van der Waals surface area (Å²) in [6.45, 7) is 2.44. The molecule has 1 amide bonds. The molecule has 0 saturated carbocycles. The van der Waals surface area contributed by atoms with Gasteiger partial charge in [0.05, 0.1) is 10.1 Å². The van der Waals surface area contributed by atoms with Crippen molar-refractivity contribution < 1.29 is 13.2 Å². The van der Waals surface area contributed by atoms with Gasteiger partial charge in [0.25, 0.3) is 5.91 Å². The standard InChI is InChI=1S/C20H24ClN3O3S2/c1-14(23(2)3)15-4-6-16(7-5-15)24-12-10-18(20(24)25)22-29(26,27)13-11-17-8-9-19(21)28-17/h4-10,14,22H,11-13H2,1-3H3/t14-/m0/s1. The van der Waals surface area contributed by atoms with Gasteiger partial charge in [-0.25, -0.2) is 8.42 Å². The van der Waals surface area contributed by atoms with Crippen LogP contribution in [0.5, 0.6) is 0 Å². The number of nitrogens with zero attached hydrogens (tertiary/aromatic N) is 2. The molecule has 2 aromatic rings. The van der Waals surface area contributed by atoms with Crippen molar-refractivity contribution in [3.8, 4) is 0 Å². The molecule has 1 aromatic heterocycles. The van der Waals surface area contributed by atoms with E-state index in [9.17, 15) is 13.2 Å². The molecule has 0 bridgehead atoms. The number of carbonyl (C=O) groups excluding carboxylic acids is 1. The number of carbonyl (C=O) groups is 1. The third-order valence-corrected chi connectivity index (χ3v) is 7.49. The predicted molar refractivity (Wildman–Crippen MR) is 119 cm³/mol. The highest BCUT2D eigenvalue weighted by Gasteiger charge is 2.28. The van der Waals surface area contributed by atoms with E-state index in [0.717, 1.165) is 16.1 Å². The summed E-state index contributed by atoms with van der Waals surface area (Å²) in [7, 11) is 0.396. The number of hydrogen-bond donors (Lipinski definition) is 1. The maximum atomic E-state index is 12.7. The number of sulfonamides is 1. The number of benzene rings is 1. The summed E-state index contributed by atoms with van der Waals surface area (Å²) in [5, 5.41) is 0. The average molecular weight is 454 g/mol. The molecule has 1 aromatic carbocycles. The van der Waals surface area contributed by atoms with Gasteiger partial charge in [-0.2, -0.15) is 0 Å². The second kappa shape index (κ2) is 8.87. The van der Waals surface area contributed by atoms with Crippen molar-refractivity contribution in [3.05, 3.63) is 62.9 Å². The van der Waals surface area contributed by atoms with Crippen LogP contribution in [-0.4, -0.2) is 45.6 Å². The number of nitrogens with one attached hydrogen (secondary N) is 1. The van der Waals surface area contributed by atoms with Crippen LogP contribution in [0.1, 0.15) is 23.4 Å². The van der Waals surface area contributed by atoms with Crippen LogP contribution in [0, 0.1) is 0 Å². The maximum absolute atomic E-state index is 12.7. The van der Waals surface area contributed by atoms with E-state index in [1.54, 1.807) is 17.0 Å². The summed E-state index contributed by atoms with van der Waals surface area (Å²) in [4.78, 5) is 17.2. The Morgan fingerprint density at radius 2 is 1.90 bits per heavy atom. The number of halogens is 1. The number of rotatable bonds is 8. The van der Waals surface area contributed by atoms with Crippen molar-refractivity contribution in [2.75, 3.05) is 31.3 Å². The largest absolute Gasteiger partial charge is 0.303 e. The van der Waals surface area contributed by atoms with E-state index in [4.69, 9.17) is 11.6 Å². The Labute approximate surface area is 180 Å². The minimum Gasteiger partial charge on any atom is -0.303 e. The van der Waals surface area contributed by atoms with Gasteiger partial charge in [0.2, 0.25) is 10.0 Å². The zero-order valence-electron chi connectivity index (χ0n) is 16.6. The average Bonchev–Trinajstić information content (AvgIpc) is 3.25. The zero-order valence-corrected chi connectivity index (χ0v) is 18.9. The van der Waals surface area contributed by atoms with Crippen LogP contribution >= 0.6 is 22.9 Å². The van der Waals surface area contributed by atoms with Gasteiger partial charge in [-0.05, 0) is 63.3 Å². The molecule has 156 valence electrons. The second-order valence-corrected chi connectivity index (χ2v) is 10.8. The van der Waals surface area contributed by atoms with Crippen LogP contribution in [-0.2, 0) is 21.2 Å². The molecule has 1 aliphatic rings. The van der Waals surface area contributed by atoms with Gasteiger partial charge in [0.1, 0.15) is 5.70 Å². The Hall–Kier alpha value is -1.87. The first-order chi connectivity index (χ1) is 13.7. The lowest BCUT2D eigenvalue weighted by Gasteiger charge is -2.22. The summed E-state index contributed by atoms with van der Waals surface area (Å²) in [6.07, 6.45) is 1.96. The van der Waals surface area contributed by atoms with E-state index in [0.29, 0.717) is 17.3 Å². The number of hydrogen-bond acceptors (Lipinski definition) is 5. The first kappa shape index (κ1) is 21.8. The molecule has 1 atom stereocenters. The van der Waals surface area contributed by atoms with Crippen LogP contribution in [0.2, 0.25) is 4.34 Å². The smallest absolute Gasteiger partial charge is 0.275 e. The highest BCUT2D eigenvalue weighted by atomic mass is 35.5. The molecule has 9 heteroatoms. The van der Waals surface area contributed by atoms with Gasteiger partial charge >= 0.3 is 0 Å². The number of anilines is 1. The Bertz CT molecular complexity index is 1010. The van der Waals surface area contributed by atoms with Gasteiger partial charge in [-0.3, -0.25) is 9.52 Å². The molecule has 0 saturated heterocycles. The SMILES string of the molecule is C[C@@H](c1ccc(N2CC=C(NS(=O)(=O)CCc3ccc(Cl)s3)C2=O)cc1)N(C)C. The molecule has 0 spiro atoms. The zero-order chi connectivity index (χ0) is 21.2. The molecule has 2 heterocycles. The quantitative estimate of drug-likeness (QED) is 0.664. The second-order valence-electron chi connectivity index (χ2n) is 7.14. The molecule has 0 unspecified atom stereocenters. The van der Waals surface area contributed by atoms with E-state index in [2.05, 4.69) is 16.5 Å². The van der Waals surface area contributed by atoms with Crippen LogP contribution in [0.4, 0.5) is 5.69 Å². The van der Waals surface area contributed by atoms with E-state index < -0.39 is 10.0 Å². The lowest BCUT2D eigenvalue weighted by Crippen LogP contribution is -2.34. The highest BCUT2D eigenvalue weighted by Crippen LogP contribution is 2.25. The lowest BCUT2D eigenvalue weighted by molar-refractivity contribution is -0.114. The molecule has 0 aliphatic carbocycles. The molecule has 29 heavy (non-hydrogen) atoms. The molecular weight excluding hydrogens is 430 g/mol. The summed E-state index contributed by atoms with van der Waals surface area (Å²) in [5.74, 6) is -0.452. The molecular formula is C20H24ClN3O3S2. The molecule has 0 fully saturated rings. The van der Waals surface area contributed by atoms with Gasteiger partial charge in [0, 0.05) is 23.2 Å². The lowest BCUT2D eigenvalue weighted by atomic mass is 10.1. The number of aryl methyl sites for hydroxylation is 1. The van der Waals surface area contributed by atoms with Gasteiger partial charge < -0.3 is 9.80 Å². The Morgan fingerprint density at radius 3 is 2.48 bits per heavy atom. The van der Waals surface area contributed by atoms with Gasteiger partial charge in [-0.1, -0.05) is 23.7 Å². The third kappa shape index (κ3) is 5.39. The summed E-state index contributed by atoms with van der Waals surface area (Å²) in [5.41, 5.74) is 1.98. The van der Waals surface area contributed by atoms with Crippen molar-refractivity contribution >= 4 is 44.6 Å². The normalized spacial score (nSPS) is 15.7. The Kier molecular flexibility index (Phi) is 6.68. The fraction of sp³-hybridized carbons (Fsp3) is 0.350.